The SMILES string of the molecule is CCNC(=NCC(CC)(CC)CCO)N1CCC(OCC2CCCO2)CC1. The summed E-state index contributed by atoms with van der Waals surface area (Å²) in [5.41, 5.74) is 0.109. The van der Waals surface area contributed by atoms with E-state index in [0.717, 1.165) is 83.9 Å². The number of likely N-dealkylation sites (tertiary alicyclic amines) is 1. The second-order valence-electron chi connectivity index (χ2n) is 8.01. The van der Waals surface area contributed by atoms with Crippen LogP contribution < -0.4 is 5.32 Å². The molecule has 0 aromatic carbocycles. The molecular weight excluding hydrogens is 342 g/mol. The van der Waals surface area contributed by atoms with Crippen molar-refractivity contribution in [1.29, 1.82) is 0 Å². The van der Waals surface area contributed by atoms with Crippen LogP contribution in [0.4, 0.5) is 0 Å². The second-order valence-corrected chi connectivity index (χ2v) is 8.01. The molecule has 2 heterocycles. The first-order valence-electron chi connectivity index (χ1n) is 11.0. The molecule has 2 N–H and O–H groups in total. The van der Waals surface area contributed by atoms with Crippen LogP contribution in [0.25, 0.3) is 0 Å². The smallest absolute Gasteiger partial charge is 0.193 e. The number of aliphatic imine (C=N–C) groups is 1. The summed E-state index contributed by atoms with van der Waals surface area (Å²) < 4.78 is 11.8. The minimum Gasteiger partial charge on any atom is -0.396 e. The molecule has 27 heavy (non-hydrogen) atoms. The van der Waals surface area contributed by atoms with E-state index in [1.54, 1.807) is 0 Å². The molecule has 2 aliphatic heterocycles. The number of ether oxygens (including phenoxy) is 2. The van der Waals surface area contributed by atoms with E-state index in [-0.39, 0.29) is 12.0 Å². The first-order valence-corrected chi connectivity index (χ1v) is 11.0. The van der Waals surface area contributed by atoms with Crippen molar-refractivity contribution in [2.24, 2.45) is 10.4 Å². The Hall–Kier alpha value is -0.850. The van der Waals surface area contributed by atoms with Gasteiger partial charge in [-0.05, 0) is 57.3 Å². The van der Waals surface area contributed by atoms with Gasteiger partial charge in [0.05, 0.1) is 18.8 Å². The summed E-state index contributed by atoms with van der Waals surface area (Å²) in [5, 5.41) is 12.9. The minimum absolute atomic E-state index is 0.109. The van der Waals surface area contributed by atoms with Gasteiger partial charge in [-0.3, -0.25) is 4.99 Å². The monoisotopic (exact) mass is 383 g/mol. The van der Waals surface area contributed by atoms with E-state index in [0.29, 0.717) is 12.2 Å². The zero-order valence-corrected chi connectivity index (χ0v) is 17.7. The quantitative estimate of drug-likeness (QED) is 0.449. The Morgan fingerprint density at radius 2 is 1.96 bits per heavy atom. The van der Waals surface area contributed by atoms with Crippen LogP contribution in [0.15, 0.2) is 4.99 Å². The molecule has 2 saturated heterocycles. The Balaban J connectivity index is 1.85. The highest BCUT2D eigenvalue weighted by Gasteiger charge is 2.27. The van der Waals surface area contributed by atoms with Gasteiger partial charge < -0.3 is 24.8 Å². The van der Waals surface area contributed by atoms with Crippen molar-refractivity contribution < 1.29 is 14.6 Å². The molecule has 2 rings (SSSR count). The molecule has 0 amide bonds. The molecule has 0 aromatic heterocycles. The van der Waals surface area contributed by atoms with Crippen LogP contribution in [0.3, 0.4) is 0 Å². The molecule has 6 nitrogen and oxygen atoms in total. The number of guanidine groups is 1. The molecule has 2 fully saturated rings. The minimum atomic E-state index is 0.109. The average molecular weight is 384 g/mol. The van der Waals surface area contributed by atoms with Crippen LogP contribution in [-0.2, 0) is 9.47 Å². The van der Waals surface area contributed by atoms with Crippen molar-refractivity contribution in [3.05, 3.63) is 0 Å². The fraction of sp³-hybridized carbons (Fsp3) is 0.952. The number of hydrogen-bond acceptors (Lipinski definition) is 4. The van der Waals surface area contributed by atoms with E-state index < -0.39 is 0 Å². The standard InChI is InChI=1S/C21H41N3O3/c1-4-21(5-2,11-14-25)17-23-20(22-6-3)24-12-9-18(10-13-24)27-16-19-8-7-15-26-19/h18-19,25H,4-17H2,1-3H3,(H,22,23). The number of aliphatic hydroxyl groups is 1. The Labute approximate surface area is 165 Å². The third-order valence-electron chi connectivity index (χ3n) is 6.32. The van der Waals surface area contributed by atoms with E-state index in [1.807, 2.05) is 0 Å². The molecule has 1 atom stereocenters. The van der Waals surface area contributed by atoms with E-state index in [1.165, 1.54) is 6.42 Å². The highest BCUT2D eigenvalue weighted by atomic mass is 16.5. The van der Waals surface area contributed by atoms with Crippen molar-refractivity contribution in [2.75, 3.05) is 46.0 Å². The first kappa shape index (κ1) is 22.4. The molecule has 2 aliphatic rings. The van der Waals surface area contributed by atoms with Crippen LogP contribution >= 0.6 is 0 Å². The molecule has 0 radical (unpaired) electrons. The van der Waals surface area contributed by atoms with Gasteiger partial charge in [-0.2, -0.15) is 0 Å². The van der Waals surface area contributed by atoms with Gasteiger partial charge in [-0.1, -0.05) is 13.8 Å². The van der Waals surface area contributed by atoms with Gasteiger partial charge in [-0.25, -0.2) is 0 Å². The molecule has 0 aromatic rings. The topological polar surface area (TPSA) is 66.3 Å². The third-order valence-corrected chi connectivity index (χ3v) is 6.32. The van der Waals surface area contributed by atoms with Gasteiger partial charge >= 0.3 is 0 Å². The van der Waals surface area contributed by atoms with Crippen LogP contribution in [-0.4, -0.2) is 74.2 Å². The number of nitrogens with zero attached hydrogens (tertiary/aromatic N) is 2. The van der Waals surface area contributed by atoms with Gasteiger partial charge in [0.15, 0.2) is 5.96 Å². The van der Waals surface area contributed by atoms with Crippen molar-refractivity contribution in [3.63, 3.8) is 0 Å². The zero-order chi connectivity index (χ0) is 19.5. The fourth-order valence-electron chi connectivity index (χ4n) is 4.07. The molecule has 0 saturated carbocycles. The summed E-state index contributed by atoms with van der Waals surface area (Å²) >= 11 is 0. The van der Waals surface area contributed by atoms with Gasteiger partial charge in [0.2, 0.25) is 0 Å². The molecule has 158 valence electrons. The van der Waals surface area contributed by atoms with Crippen LogP contribution in [0.1, 0.15) is 65.7 Å². The summed E-state index contributed by atoms with van der Waals surface area (Å²) in [4.78, 5) is 7.33. The normalized spacial score (nSPS) is 22.4. The van der Waals surface area contributed by atoms with Gasteiger partial charge in [-0.15, -0.1) is 0 Å². The lowest BCUT2D eigenvalue weighted by molar-refractivity contribution is -0.0367. The van der Waals surface area contributed by atoms with E-state index in [4.69, 9.17) is 14.5 Å². The molecule has 0 spiro atoms. The maximum Gasteiger partial charge on any atom is 0.193 e. The number of hydrogen-bond donors (Lipinski definition) is 2. The van der Waals surface area contributed by atoms with Crippen LogP contribution in [0.2, 0.25) is 0 Å². The van der Waals surface area contributed by atoms with Gasteiger partial charge in [0.25, 0.3) is 0 Å². The highest BCUT2D eigenvalue weighted by Crippen LogP contribution is 2.30. The van der Waals surface area contributed by atoms with Crippen molar-refractivity contribution in [1.82, 2.24) is 10.2 Å². The van der Waals surface area contributed by atoms with E-state index in [9.17, 15) is 5.11 Å². The highest BCUT2D eigenvalue weighted by molar-refractivity contribution is 5.80. The molecule has 0 bridgehead atoms. The molecule has 6 heteroatoms. The predicted octanol–water partition coefficient (Wildman–Crippen LogP) is 2.80. The Morgan fingerprint density at radius 1 is 1.22 bits per heavy atom. The number of piperidine rings is 1. The largest absolute Gasteiger partial charge is 0.396 e. The maximum atomic E-state index is 9.44. The van der Waals surface area contributed by atoms with Crippen molar-refractivity contribution >= 4 is 5.96 Å². The molecular formula is C21H41N3O3. The number of rotatable bonds is 10. The van der Waals surface area contributed by atoms with Crippen LogP contribution in [0.5, 0.6) is 0 Å². The fourth-order valence-corrected chi connectivity index (χ4v) is 4.07. The number of aliphatic hydroxyl groups excluding tert-OH is 1. The zero-order valence-electron chi connectivity index (χ0n) is 17.7. The summed E-state index contributed by atoms with van der Waals surface area (Å²) in [5.74, 6) is 1.01. The van der Waals surface area contributed by atoms with Crippen molar-refractivity contribution in [3.8, 4) is 0 Å². The van der Waals surface area contributed by atoms with Gasteiger partial charge in [0.1, 0.15) is 0 Å². The van der Waals surface area contributed by atoms with Gasteiger partial charge in [0, 0.05) is 39.4 Å². The second kappa shape index (κ2) is 11.9. The average Bonchev–Trinajstić information content (AvgIpc) is 3.23. The summed E-state index contributed by atoms with van der Waals surface area (Å²) in [6.07, 6.45) is 7.96. The third kappa shape index (κ3) is 6.91. The summed E-state index contributed by atoms with van der Waals surface area (Å²) in [6.45, 7) is 12.0. The lowest BCUT2D eigenvalue weighted by atomic mass is 9.79. The Morgan fingerprint density at radius 3 is 2.52 bits per heavy atom. The Bertz CT molecular complexity index is 426. The molecule has 1 unspecified atom stereocenters. The van der Waals surface area contributed by atoms with Crippen molar-refractivity contribution in [2.45, 2.75) is 77.9 Å². The predicted molar refractivity (Wildman–Crippen MR) is 110 cm³/mol. The molecule has 0 aliphatic carbocycles. The Kier molecular flexibility index (Phi) is 9.87. The summed E-state index contributed by atoms with van der Waals surface area (Å²) in [6, 6.07) is 0. The van der Waals surface area contributed by atoms with E-state index in [2.05, 4.69) is 31.0 Å². The lowest BCUT2D eigenvalue weighted by Gasteiger charge is -2.35. The maximum absolute atomic E-state index is 9.44. The summed E-state index contributed by atoms with van der Waals surface area (Å²) in [7, 11) is 0. The van der Waals surface area contributed by atoms with Crippen LogP contribution in [0, 0.1) is 5.41 Å². The lowest BCUT2D eigenvalue weighted by Crippen LogP contribution is -2.47. The van der Waals surface area contributed by atoms with E-state index >= 15 is 0 Å². The first-order chi connectivity index (χ1) is 13.2. The number of nitrogens with one attached hydrogen (secondary N) is 1.